The average molecular weight is 1430 g/mol. The summed E-state index contributed by atoms with van der Waals surface area (Å²) in [6.07, 6.45) is 0. The van der Waals surface area contributed by atoms with Gasteiger partial charge in [-0.2, -0.15) is 0 Å². The molecule has 5 heteroatoms. The molecule has 0 radical (unpaired) electrons. The number of anilines is 6. The fourth-order valence-electron chi connectivity index (χ4n) is 17.5. The van der Waals surface area contributed by atoms with Crippen LogP contribution < -0.4 is 46.9 Å². The lowest BCUT2D eigenvalue weighted by Crippen LogP contribution is -2.74. The Morgan fingerprint density at radius 2 is 0.624 bits per heavy atom. The number of nitrogens with zero attached hydrogens (tertiary/aromatic N) is 3. The topological polar surface area (TPSA) is 11.4 Å². The molecular formula is C104H98BN3Si. The zero-order valence-corrected chi connectivity index (χ0v) is 67.0. The van der Waals surface area contributed by atoms with E-state index in [2.05, 4.69) is 440 Å². The molecule has 2 aliphatic heterocycles. The summed E-state index contributed by atoms with van der Waals surface area (Å²) in [5.41, 5.74) is 29.4. The van der Waals surface area contributed by atoms with Crippen LogP contribution in [0.2, 0.25) is 0 Å². The second-order valence-electron chi connectivity index (χ2n) is 35.8. The monoisotopic (exact) mass is 1430 g/mol. The second kappa shape index (κ2) is 26.6. The second-order valence-corrected chi connectivity index (χ2v) is 39.6. The van der Waals surface area contributed by atoms with Gasteiger partial charge in [0.05, 0.1) is 22.4 Å². The zero-order chi connectivity index (χ0) is 75.7. The average Bonchev–Trinajstić information content (AvgIpc) is 0.853. The standard InChI is InChI=1S/C104H98BN3Si/c1-100(2,3)74-49-57-91(84(61-74)70-34-22-16-23-35-70)107-95-68-79(106-92-58-50-75(101(4,5)6)62-87(92)88-63-76(102(7,8)9)51-59-93(88)106)52-55-89(95)105-90-60-73(69-46-53-83(54-47-69)109(80-40-28-19-29-41-80,81-42-30-20-31-43-81)82-44-32-21-33-45-82)48-56-94(90)108(97-67-78(104(13,14)15)66-96(107)98(97)105)99-85(71-36-24-17-25-37-71)64-77(103(10,11)12)65-86(99)72-38-26-18-27-39-72/h16-68H,1-15H3. The molecule has 0 spiro atoms. The Morgan fingerprint density at radius 1 is 0.248 bits per heavy atom. The minimum absolute atomic E-state index is 0.0500. The zero-order valence-electron chi connectivity index (χ0n) is 66.0. The van der Waals surface area contributed by atoms with E-state index in [0.29, 0.717) is 0 Å². The highest BCUT2D eigenvalue weighted by atomic mass is 28.3. The summed E-state index contributed by atoms with van der Waals surface area (Å²) >= 11 is 0. The highest BCUT2D eigenvalue weighted by Gasteiger charge is 2.47. The molecule has 0 N–H and O–H groups in total. The van der Waals surface area contributed by atoms with Gasteiger partial charge in [-0.15, -0.1) is 0 Å². The van der Waals surface area contributed by atoms with Crippen molar-refractivity contribution in [2.24, 2.45) is 0 Å². The van der Waals surface area contributed by atoms with Gasteiger partial charge in [-0.05, 0) is 199 Å². The molecule has 0 aliphatic carbocycles. The third-order valence-corrected chi connectivity index (χ3v) is 28.3. The molecule has 17 rings (SSSR count). The van der Waals surface area contributed by atoms with Gasteiger partial charge in [-0.25, -0.2) is 0 Å². The van der Waals surface area contributed by atoms with Crippen molar-refractivity contribution in [3.05, 3.63) is 349 Å². The molecule has 2 aliphatic rings. The van der Waals surface area contributed by atoms with Gasteiger partial charge in [0.15, 0.2) is 8.07 Å². The van der Waals surface area contributed by atoms with Gasteiger partial charge in [-0.1, -0.05) is 347 Å². The van der Waals surface area contributed by atoms with Gasteiger partial charge in [-0.3, -0.25) is 0 Å². The summed E-state index contributed by atoms with van der Waals surface area (Å²) in [5, 5.41) is 7.95. The van der Waals surface area contributed by atoms with Gasteiger partial charge in [0, 0.05) is 55.9 Å². The summed E-state index contributed by atoms with van der Waals surface area (Å²) in [4.78, 5) is 5.42. The van der Waals surface area contributed by atoms with Crippen molar-refractivity contribution in [1.29, 1.82) is 0 Å². The smallest absolute Gasteiger partial charge is 0.252 e. The molecule has 0 saturated heterocycles. The summed E-state index contributed by atoms with van der Waals surface area (Å²) in [5.74, 6) is 0. The van der Waals surface area contributed by atoms with E-state index < -0.39 is 8.07 Å². The Bertz CT molecular complexity index is 5740. The molecule has 0 fully saturated rings. The molecule has 1 aromatic heterocycles. The first-order chi connectivity index (χ1) is 52.2. The highest BCUT2D eigenvalue weighted by molar-refractivity contribution is 7.20. The molecule has 109 heavy (non-hydrogen) atoms. The first kappa shape index (κ1) is 70.7. The summed E-state index contributed by atoms with van der Waals surface area (Å²) in [6, 6.07) is 124. The van der Waals surface area contributed by atoms with Crippen LogP contribution in [0.4, 0.5) is 34.1 Å². The number of hydrogen-bond donors (Lipinski definition) is 0. The lowest BCUT2D eigenvalue weighted by Gasteiger charge is -2.46. The van der Waals surface area contributed by atoms with Crippen LogP contribution in [-0.2, 0) is 27.1 Å². The Hall–Kier alpha value is -11.2. The number of fused-ring (bicyclic) bond motifs is 7. The molecule has 536 valence electrons. The third kappa shape index (κ3) is 12.3. The SMILES string of the molecule is CC(C)(C)c1ccc(N2c3cc(-n4c5ccc(C(C)(C)C)cc5c5cc(C(C)(C)C)ccc54)ccc3B3c4cc(-c5ccc([Si](c6ccccc6)(c6ccccc6)c6ccccc6)cc5)ccc4N(c4c(-c5ccccc5)cc(C(C)(C)C)cc4-c4ccccc4)c4cc(C(C)(C)C)cc2c43)c(-c2ccccc2)c1. The van der Waals surface area contributed by atoms with Crippen LogP contribution in [0.1, 0.15) is 132 Å². The number of aromatic nitrogens is 1. The van der Waals surface area contributed by atoms with Crippen LogP contribution in [0.25, 0.3) is 72.0 Å². The Morgan fingerprint density at radius 3 is 1.08 bits per heavy atom. The lowest BCUT2D eigenvalue weighted by atomic mass is 9.33. The molecule has 0 unspecified atom stereocenters. The minimum atomic E-state index is -2.85. The predicted molar refractivity (Wildman–Crippen MR) is 474 cm³/mol. The van der Waals surface area contributed by atoms with E-state index in [1.807, 2.05) is 0 Å². The van der Waals surface area contributed by atoms with Gasteiger partial charge >= 0.3 is 0 Å². The molecular weight excluding hydrogens is 1330 g/mol. The van der Waals surface area contributed by atoms with Crippen LogP contribution in [0.15, 0.2) is 322 Å². The van der Waals surface area contributed by atoms with E-state index in [4.69, 9.17) is 0 Å². The fraction of sp³-hybridized carbons (Fsp3) is 0.192. The minimum Gasteiger partial charge on any atom is -0.311 e. The summed E-state index contributed by atoms with van der Waals surface area (Å²) in [7, 11) is -2.85. The molecule has 3 heterocycles. The Labute approximate surface area is 648 Å². The van der Waals surface area contributed by atoms with Crippen molar-refractivity contribution in [2.75, 3.05) is 9.80 Å². The molecule has 0 amide bonds. The van der Waals surface area contributed by atoms with E-state index in [-0.39, 0.29) is 33.8 Å². The summed E-state index contributed by atoms with van der Waals surface area (Å²) < 4.78 is 2.57. The Kier molecular flexibility index (Phi) is 17.2. The predicted octanol–water partition coefficient (Wildman–Crippen LogP) is 23.4. The molecule has 0 bridgehead atoms. The lowest BCUT2D eigenvalue weighted by molar-refractivity contribution is 0.590. The van der Waals surface area contributed by atoms with Gasteiger partial charge in [0.2, 0.25) is 0 Å². The molecule has 15 aromatic rings. The molecule has 14 aromatic carbocycles. The van der Waals surface area contributed by atoms with Gasteiger partial charge in [0.1, 0.15) is 0 Å². The van der Waals surface area contributed by atoms with Gasteiger partial charge in [0.25, 0.3) is 6.71 Å². The van der Waals surface area contributed by atoms with E-state index in [0.717, 1.165) is 28.4 Å². The van der Waals surface area contributed by atoms with Gasteiger partial charge < -0.3 is 14.4 Å². The van der Waals surface area contributed by atoms with Crippen LogP contribution in [0.3, 0.4) is 0 Å². The van der Waals surface area contributed by atoms with E-state index in [1.165, 1.54) is 143 Å². The van der Waals surface area contributed by atoms with Crippen molar-refractivity contribution >= 4 is 108 Å². The van der Waals surface area contributed by atoms with Crippen LogP contribution >= 0.6 is 0 Å². The van der Waals surface area contributed by atoms with Crippen molar-refractivity contribution in [2.45, 2.75) is 131 Å². The number of benzene rings is 14. The van der Waals surface area contributed by atoms with Crippen molar-refractivity contribution in [3.8, 4) is 50.2 Å². The first-order valence-electron chi connectivity index (χ1n) is 39.2. The third-order valence-electron chi connectivity index (χ3n) is 23.5. The molecule has 0 atom stereocenters. The summed E-state index contributed by atoms with van der Waals surface area (Å²) in [6.45, 7) is 35.1. The maximum atomic E-state index is 2.72. The Balaban J connectivity index is 1.00. The number of hydrogen-bond acceptors (Lipinski definition) is 2. The van der Waals surface area contributed by atoms with Crippen molar-refractivity contribution < 1.29 is 0 Å². The van der Waals surface area contributed by atoms with Crippen LogP contribution in [0, 0.1) is 0 Å². The number of rotatable bonds is 11. The van der Waals surface area contributed by atoms with Crippen molar-refractivity contribution in [3.63, 3.8) is 0 Å². The first-order valence-corrected chi connectivity index (χ1v) is 41.2. The van der Waals surface area contributed by atoms with Crippen LogP contribution in [0.5, 0.6) is 0 Å². The quantitative estimate of drug-likeness (QED) is 0.0944. The maximum Gasteiger partial charge on any atom is 0.252 e. The van der Waals surface area contributed by atoms with E-state index >= 15 is 0 Å². The highest BCUT2D eigenvalue weighted by Crippen LogP contribution is 2.54. The van der Waals surface area contributed by atoms with Crippen LogP contribution in [-0.4, -0.2) is 19.4 Å². The normalized spacial score (nSPS) is 13.2. The van der Waals surface area contributed by atoms with Crippen molar-refractivity contribution in [1.82, 2.24) is 4.57 Å². The molecule has 3 nitrogen and oxygen atoms in total. The maximum absolute atomic E-state index is 2.85. The van der Waals surface area contributed by atoms with E-state index in [9.17, 15) is 0 Å². The largest absolute Gasteiger partial charge is 0.311 e. The fourth-order valence-corrected chi connectivity index (χ4v) is 22.2. The van der Waals surface area contributed by atoms with E-state index in [1.54, 1.807) is 0 Å². The molecule has 0 saturated carbocycles.